The highest BCUT2D eigenvalue weighted by atomic mass is 15.3. The average molecular weight is 230 g/mol. The lowest BCUT2D eigenvalue weighted by atomic mass is 10.0. The molecule has 0 amide bonds. The first-order valence-corrected chi connectivity index (χ1v) is 5.86. The van der Waals surface area contributed by atoms with E-state index in [0.29, 0.717) is 18.3 Å². The highest BCUT2D eigenvalue weighted by molar-refractivity contribution is 5.24. The number of nitrogens with two attached hydrogens (primary N) is 1. The molecule has 0 fully saturated rings. The van der Waals surface area contributed by atoms with E-state index in [2.05, 4.69) is 48.2 Å². The summed E-state index contributed by atoms with van der Waals surface area (Å²) in [6, 6.07) is 8.61. The highest BCUT2D eigenvalue weighted by Gasteiger charge is 2.01. The van der Waals surface area contributed by atoms with Crippen LogP contribution in [-0.2, 0) is 13.1 Å². The van der Waals surface area contributed by atoms with Crippen molar-refractivity contribution in [2.24, 2.45) is 5.73 Å². The van der Waals surface area contributed by atoms with Crippen molar-refractivity contribution < 1.29 is 0 Å². The summed E-state index contributed by atoms with van der Waals surface area (Å²) >= 11 is 0. The Hall–Kier alpha value is -1.68. The van der Waals surface area contributed by atoms with Gasteiger partial charge in [-0.25, -0.2) is 9.67 Å². The lowest BCUT2D eigenvalue weighted by Gasteiger charge is -2.06. The summed E-state index contributed by atoms with van der Waals surface area (Å²) in [6.45, 7) is 5.52. The number of aromatic nitrogens is 3. The van der Waals surface area contributed by atoms with E-state index in [-0.39, 0.29) is 0 Å². The second kappa shape index (κ2) is 5.10. The molecule has 0 aliphatic rings. The average Bonchev–Trinajstić information content (AvgIpc) is 2.77. The minimum atomic E-state index is 0.388. The third kappa shape index (κ3) is 2.91. The summed E-state index contributed by atoms with van der Waals surface area (Å²) in [5, 5.41) is 4.26. The van der Waals surface area contributed by atoms with Crippen LogP contribution in [-0.4, -0.2) is 14.8 Å². The molecule has 0 spiro atoms. The summed E-state index contributed by atoms with van der Waals surface area (Å²) in [7, 11) is 0. The molecular formula is C13H18N4. The minimum absolute atomic E-state index is 0.388. The van der Waals surface area contributed by atoms with Crippen LogP contribution in [0, 0.1) is 0 Å². The fourth-order valence-corrected chi connectivity index (χ4v) is 1.70. The fourth-order valence-electron chi connectivity index (χ4n) is 1.70. The van der Waals surface area contributed by atoms with Crippen LogP contribution in [0.2, 0.25) is 0 Å². The Balaban J connectivity index is 2.08. The van der Waals surface area contributed by atoms with E-state index in [4.69, 9.17) is 5.73 Å². The third-order valence-electron chi connectivity index (χ3n) is 2.76. The van der Waals surface area contributed by atoms with Crippen LogP contribution >= 0.6 is 0 Å². The molecule has 0 aliphatic carbocycles. The van der Waals surface area contributed by atoms with Gasteiger partial charge < -0.3 is 5.73 Å². The van der Waals surface area contributed by atoms with E-state index in [9.17, 15) is 0 Å². The van der Waals surface area contributed by atoms with Crippen molar-refractivity contribution in [3.05, 3.63) is 47.5 Å². The normalized spacial score (nSPS) is 11.1. The lowest BCUT2D eigenvalue weighted by Crippen LogP contribution is -2.03. The maximum absolute atomic E-state index is 5.47. The first-order chi connectivity index (χ1) is 8.19. The van der Waals surface area contributed by atoms with Gasteiger partial charge in [0, 0.05) is 0 Å². The number of rotatable bonds is 4. The van der Waals surface area contributed by atoms with Crippen LogP contribution in [0.15, 0.2) is 30.6 Å². The SMILES string of the molecule is CC(C)c1ccc(Cn2cnc(CN)n2)cc1. The maximum Gasteiger partial charge on any atom is 0.164 e. The van der Waals surface area contributed by atoms with Gasteiger partial charge >= 0.3 is 0 Å². The van der Waals surface area contributed by atoms with Crippen LogP contribution in [0.3, 0.4) is 0 Å². The molecule has 0 aliphatic heterocycles. The predicted octanol–water partition coefficient (Wildman–Crippen LogP) is 1.91. The summed E-state index contributed by atoms with van der Waals surface area (Å²) in [5.41, 5.74) is 8.05. The molecule has 1 aromatic carbocycles. The van der Waals surface area contributed by atoms with E-state index < -0.39 is 0 Å². The second-order valence-corrected chi connectivity index (χ2v) is 4.46. The molecule has 1 aromatic heterocycles. The molecule has 1 heterocycles. The first-order valence-electron chi connectivity index (χ1n) is 5.86. The van der Waals surface area contributed by atoms with E-state index in [0.717, 1.165) is 6.54 Å². The van der Waals surface area contributed by atoms with E-state index in [1.165, 1.54) is 11.1 Å². The molecule has 0 saturated carbocycles. The zero-order valence-corrected chi connectivity index (χ0v) is 10.3. The predicted molar refractivity (Wildman–Crippen MR) is 67.5 cm³/mol. The molecule has 2 rings (SSSR count). The van der Waals surface area contributed by atoms with Crippen molar-refractivity contribution in [1.29, 1.82) is 0 Å². The lowest BCUT2D eigenvalue weighted by molar-refractivity contribution is 0.671. The highest BCUT2D eigenvalue weighted by Crippen LogP contribution is 2.15. The van der Waals surface area contributed by atoms with Gasteiger partial charge in [-0.05, 0) is 17.0 Å². The van der Waals surface area contributed by atoms with Crippen LogP contribution in [0.4, 0.5) is 0 Å². The first kappa shape index (κ1) is 11.8. The number of nitrogens with zero attached hydrogens (tertiary/aromatic N) is 3. The van der Waals surface area contributed by atoms with Gasteiger partial charge in [-0.15, -0.1) is 0 Å². The van der Waals surface area contributed by atoms with Crippen molar-refractivity contribution >= 4 is 0 Å². The van der Waals surface area contributed by atoms with Crippen molar-refractivity contribution in [3.63, 3.8) is 0 Å². The molecule has 0 unspecified atom stereocenters. The topological polar surface area (TPSA) is 56.7 Å². The van der Waals surface area contributed by atoms with Gasteiger partial charge in [0.2, 0.25) is 0 Å². The fraction of sp³-hybridized carbons (Fsp3) is 0.385. The van der Waals surface area contributed by atoms with Crippen LogP contribution in [0.5, 0.6) is 0 Å². The van der Waals surface area contributed by atoms with Gasteiger partial charge in [-0.1, -0.05) is 38.1 Å². The molecule has 2 N–H and O–H groups in total. The molecule has 4 nitrogen and oxygen atoms in total. The Morgan fingerprint density at radius 1 is 1.24 bits per heavy atom. The Bertz CT molecular complexity index is 470. The van der Waals surface area contributed by atoms with Crippen molar-refractivity contribution in [2.45, 2.75) is 32.9 Å². The quantitative estimate of drug-likeness (QED) is 0.872. The number of benzene rings is 1. The Morgan fingerprint density at radius 2 is 1.94 bits per heavy atom. The summed E-state index contributed by atoms with van der Waals surface area (Å²) in [6.07, 6.45) is 1.72. The summed E-state index contributed by atoms with van der Waals surface area (Å²) in [5.74, 6) is 1.25. The minimum Gasteiger partial charge on any atom is -0.324 e. The molecule has 0 bridgehead atoms. The largest absolute Gasteiger partial charge is 0.324 e. The second-order valence-electron chi connectivity index (χ2n) is 4.46. The molecule has 2 aromatic rings. The van der Waals surface area contributed by atoms with Gasteiger partial charge in [0.05, 0.1) is 13.1 Å². The molecule has 0 saturated heterocycles. The number of hydrogen-bond donors (Lipinski definition) is 1. The van der Waals surface area contributed by atoms with Gasteiger partial charge in [-0.3, -0.25) is 0 Å². The summed E-state index contributed by atoms with van der Waals surface area (Å²) in [4.78, 5) is 4.10. The Morgan fingerprint density at radius 3 is 2.47 bits per heavy atom. The third-order valence-corrected chi connectivity index (χ3v) is 2.76. The Kier molecular flexibility index (Phi) is 3.54. The molecule has 0 atom stereocenters. The molecular weight excluding hydrogens is 212 g/mol. The molecule has 0 radical (unpaired) electrons. The van der Waals surface area contributed by atoms with Crippen LogP contribution < -0.4 is 5.73 Å². The Labute approximate surface area is 101 Å². The molecule has 17 heavy (non-hydrogen) atoms. The smallest absolute Gasteiger partial charge is 0.164 e. The van der Waals surface area contributed by atoms with Crippen molar-refractivity contribution in [2.75, 3.05) is 0 Å². The summed E-state index contributed by atoms with van der Waals surface area (Å²) < 4.78 is 1.81. The standard InChI is InChI=1S/C13H18N4/c1-10(2)12-5-3-11(4-6-12)8-17-9-15-13(7-14)16-17/h3-6,9-10H,7-8,14H2,1-2H3. The van der Waals surface area contributed by atoms with Gasteiger partial charge in [0.25, 0.3) is 0 Å². The van der Waals surface area contributed by atoms with Crippen LogP contribution in [0.1, 0.15) is 36.7 Å². The van der Waals surface area contributed by atoms with Gasteiger partial charge in [0.15, 0.2) is 5.82 Å². The zero-order valence-electron chi connectivity index (χ0n) is 10.3. The van der Waals surface area contributed by atoms with Gasteiger partial charge in [0.1, 0.15) is 6.33 Å². The maximum atomic E-state index is 5.47. The van der Waals surface area contributed by atoms with E-state index in [1.54, 1.807) is 6.33 Å². The van der Waals surface area contributed by atoms with E-state index >= 15 is 0 Å². The van der Waals surface area contributed by atoms with Crippen molar-refractivity contribution in [3.8, 4) is 0 Å². The van der Waals surface area contributed by atoms with Crippen molar-refractivity contribution in [1.82, 2.24) is 14.8 Å². The molecule has 4 heteroatoms. The van der Waals surface area contributed by atoms with Crippen LogP contribution in [0.25, 0.3) is 0 Å². The number of hydrogen-bond acceptors (Lipinski definition) is 3. The van der Waals surface area contributed by atoms with E-state index in [1.807, 2.05) is 4.68 Å². The monoisotopic (exact) mass is 230 g/mol. The molecule has 90 valence electrons. The zero-order chi connectivity index (χ0) is 12.3. The van der Waals surface area contributed by atoms with Gasteiger partial charge in [-0.2, -0.15) is 5.10 Å².